The summed E-state index contributed by atoms with van der Waals surface area (Å²) in [5, 5.41) is 14.5. The first-order valence-electron chi connectivity index (χ1n) is 8.35. The van der Waals surface area contributed by atoms with Gasteiger partial charge in [0.15, 0.2) is 0 Å². The van der Waals surface area contributed by atoms with E-state index in [1.54, 1.807) is 20.2 Å². The average Bonchev–Trinajstić information content (AvgIpc) is 2.58. The second-order valence-corrected chi connectivity index (χ2v) is 6.24. The first kappa shape index (κ1) is 19.2. The fourth-order valence-corrected chi connectivity index (χ4v) is 2.62. The molecule has 0 aliphatic rings. The van der Waals surface area contributed by atoms with E-state index in [1.165, 1.54) is 10.6 Å². The Bertz CT molecular complexity index is 830. The van der Waals surface area contributed by atoms with E-state index in [-0.39, 0.29) is 18.0 Å². The van der Waals surface area contributed by atoms with Gasteiger partial charge in [-0.05, 0) is 30.9 Å². The summed E-state index contributed by atoms with van der Waals surface area (Å²) in [5.74, 6) is -0.904. The fourth-order valence-electron chi connectivity index (χ4n) is 2.62. The van der Waals surface area contributed by atoms with E-state index in [0.29, 0.717) is 24.1 Å². The molecule has 0 bridgehead atoms. The molecule has 0 fully saturated rings. The van der Waals surface area contributed by atoms with Crippen molar-refractivity contribution in [2.24, 2.45) is 7.05 Å². The highest BCUT2D eigenvalue weighted by atomic mass is 16.4. The van der Waals surface area contributed by atoms with Crippen molar-refractivity contribution in [2.45, 2.75) is 32.2 Å². The summed E-state index contributed by atoms with van der Waals surface area (Å²) in [6.45, 7) is 1.74. The van der Waals surface area contributed by atoms with Crippen LogP contribution in [0.25, 0.3) is 0 Å². The Labute approximate surface area is 151 Å². The van der Waals surface area contributed by atoms with Gasteiger partial charge >= 0.3 is 12.0 Å². The van der Waals surface area contributed by atoms with Crippen LogP contribution in [-0.2, 0) is 18.3 Å². The zero-order valence-electron chi connectivity index (χ0n) is 14.9. The monoisotopic (exact) mass is 357 g/mol. The van der Waals surface area contributed by atoms with Gasteiger partial charge < -0.3 is 20.3 Å². The second kappa shape index (κ2) is 8.84. The summed E-state index contributed by atoms with van der Waals surface area (Å²) >= 11 is 0. The number of urea groups is 1. The van der Waals surface area contributed by atoms with E-state index in [4.69, 9.17) is 5.11 Å². The number of aliphatic carboxylic acids is 1. The Balaban J connectivity index is 2.06. The van der Waals surface area contributed by atoms with Crippen molar-refractivity contribution in [2.75, 3.05) is 5.32 Å². The van der Waals surface area contributed by atoms with Crippen molar-refractivity contribution >= 4 is 17.7 Å². The van der Waals surface area contributed by atoms with Gasteiger partial charge in [0.25, 0.3) is 5.56 Å². The van der Waals surface area contributed by atoms with Crippen molar-refractivity contribution in [3.05, 3.63) is 64.1 Å². The van der Waals surface area contributed by atoms with Crippen molar-refractivity contribution in [1.29, 1.82) is 0 Å². The Hall–Kier alpha value is -3.09. The third-order valence-corrected chi connectivity index (χ3v) is 4.05. The van der Waals surface area contributed by atoms with Crippen LogP contribution in [0.5, 0.6) is 0 Å². The topological polar surface area (TPSA) is 100 Å². The predicted molar refractivity (Wildman–Crippen MR) is 99.4 cm³/mol. The summed E-state index contributed by atoms with van der Waals surface area (Å²) in [4.78, 5) is 34.8. The molecule has 7 nitrogen and oxygen atoms in total. The highest BCUT2D eigenvalue weighted by Crippen LogP contribution is 2.12. The van der Waals surface area contributed by atoms with Gasteiger partial charge in [0.05, 0.1) is 5.69 Å². The molecule has 2 amide bonds. The number of carboxylic acids is 1. The van der Waals surface area contributed by atoms with Crippen LogP contribution in [0.2, 0.25) is 0 Å². The van der Waals surface area contributed by atoms with Crippen molar-refractivity contribution in [3.63, 3.8) is 0 Å². The van der Waals surface area contributed by atoms with Gasteiger partial charge in [0, 0.05) is 31.8 Å². The number of amides is 2. The molecule has 138 valence electrons. The second-order valence-electron chi connectivity index (χ2n) is 6.24. The number of carbonyl (C=O) groups excluding carboxylic acids is 1. The molecule has 1 unspecified atom stereocenters. The minimum Gasteiger partial charge on any atom is -0.481 e. The van der Waals surface area contributed by atoms with Gasteiger partial charge in [0.2, 0.25) is 0 Å². The van der Waals surface area contributed by atoms with Crippen LogP contribution in [0.3, 0.4) is 0 Å². The maximum absolute atomic E-state index is 12.3. The molecule has 1 aromatic carbocycles. The molecular weight excluding hydrogens is 334 g/mol. The lowest BCUT2D eigenvalue weighted by Gasteiger charge is -2.19. The summed E-state index contributed by atoms with van der Waals surface area (Å²) < 4.78 is 1.38. The van der Waals surface area contributed by atoms with E-state index >= 15 is 0 Å². The number of nitrogens with one attached hydrogen (secondary N) is 2. The first-order valence-corrected chi connectivity index (χ1v) is 8.35. The third-order valence-electron chi connectivity index (χ3n) is 4.05. The van der Waals surface area contributed by atoms with E-state index in [9.17, 15) is 14.4 Å². The maximum atomic E-state index is 12.3. The number of rotatable bonds is 7. The molecule has 2 aromatic rings. The molecule has 0 radical (unpaired) electrons. The van der Waals surface area contributed by atoms with Crippen LogP contribution in [0, 0.1) is 6.92 Å². The number of carbonyl (C=O) groups is 2. The number of anilines is 1. The number of nitrogens with zero attached hydrogens (tertiary/aromatic N) is 1. The lowest BCUT2D eigenvalue weighted by atomic mass is 10.0. The van der Waals surface area contributed by atoms with Crippen LogP contribution in [0.15, 0.2) is 47.4 Å². The number of aromatic nitrogens is 1. The van der Waals surface area contributed by atoms with Gasteiger partial charge in [0.1, 0.15) is 0 Å². The highest BCUT2D eigenvalue weighted by Gasteiger charge is 2.15. The normalized spacial score (nSPS) is 11.6. The van der Waals surface area contributed by atoms with E-state index in [2.05, 4.69) is 10.6 Å². The summed E-state index contributed by atoms with van der Waals surface area (Å²) in [6, 6.07) is 10.3. The number of pyridine rings is 1. The van der Waals surface area contributed by atoms with Crippen LogP contribution >= 0.6 is 0 Å². The molecule has 0 saturated carbocycles. The fraction of sp³-hybridized carbons (Fsp3) is 0.316. The molecule has 1 atom stereocenters. The van der Waals surface area contributed by atoms with Crippen LogP contribution in [0.1, 0.15) is 24.0 Å². The molecule has 3 N–H and O–H groups in total. The minimum absolute atomic E-state index is 0.0311. The average molecular weight is 357 g/mol. The van der Waals surface area contributed by atoms with Gasteiger partial charge in [-0.25, -0.2) is 4.79 Å². The lowest BCUT2D eigenvalue weighted by Crippen LogP contribution is -2.40. The maximum Gasteiger partial charge on any atom is 0.319 e. The number of aryl methyl sites for hydroxylation is 2. The van der Waals surface area contributed by atoms with Gasteiger partial charge in [-0.2, -0.15) is 0 Å². The zero-order valence-corrected chi connectivity index (χ0v) is 14.9. The molecule has 7 heteroatoms. The summed E-state index contributed by atoms with van der Waals surface area (Å²) in [7, 11) is 1.61. The lowest BCUT2D eigenvalue weighted by molar-refractivity contribution is -0.137. The quantitative estimate of drug-likeness (QED) is 0.708. The zero-order chi connectivity index (χ0) is 19.1. The van der Waals surface area contributed by atoms with Crippen molar-refractivity contribution < 1.29 is 14.7 Å². The predicted octanol–water partition coefficient (Wildman–Crippen LogP) is 2.29. The van der Waals surface area contributed by atoms with Crippen LogP contribution < -0.4 is 16.2 Å². The van der Waals surface area contributed by atoms with Gasteiger partial charge in [-0.1, -0.05) is 30.3 Å². The largest absolute Gasteiger partial charge is 0.481 e. The Kier molecular flexibility index (Phi) is 6.54. The molecule has 1 heterocycles. The molecule has 0 aliphatic heterocycles. The summed E-state index contributed by atoms with van der Waals surface area (Å²) in [5.41, 5.74) is 2.05. The van der Waals surface area contributed by atoms with Gasteiger partial charge in [-0.3, -0.25) is 9.59 Å². The smallest absolute Gasteiger partial charge is 0.319 e. The minimum atomic E-state index is -0.904. The molecule has 26 heavy (non-hydrogen) atoms. The Morgan fingerprint density at radius 2 is 1.92 bits per heavy atom. The molecule has 2 rings (SSSR count). The first-order chi connectivity index (χ1) is 12.3. The standard InChI is InChI=1S/C19H23N3O4/c1-13-10-17(23)22(2)12-16(13)21-19(26)20-15(8-9-18(24)25)11-14-6-4-3-5-7-14/h3-7,10,12,15H,8-9,11H2,1-2H3,(H,24,25)(H2,20,21,26). The van der Waals surface area contributed by atoms with E-state index in [1.807, 2.05) is 30.3 Å². The Morgan fingerprint density at radius 3 is 2.58 bits per heavy atom. The summed E-state index contributed by atoms with van der Waals surface area (Å²) in [6.07, 6.45) is 2.38. The molecule has 0 spiro atoms. The number of benzene rings is 1. The number of hydrogen-bond acceptors (Lipinski definition) is 3. The highest BCUT2D eigenvalue weighted by molar-refractivity contribution is 5.90. The van der Waals surface area contributed by atoms with Crippen molar-refractivity contribution in [3.8, 4) is 0 Å². The molecular formula is C19H23N3O4. The SMILES string of the molecule is Cc1cc(=O)n(C)cc1NC(=O)NC(CCC(=O)O)Cc1ccccc1. The van der Waals surface area contributed by atoms with Crippen molar-refractivity contribution in [1.82, 2.24) is 9.88 Å². The van der Waals surface area contributed by atoms with Crippen LogP contribution in [0.4, 0.5) is 10.5 Å². The molecule has 0 aliphatic carbocycles. The van der Waals surface area contributed by atoms with Gasteiger partial charge in [-0.15, -0.1) is 0 Å². The van der Waals surface area contributed by atoms with Crippen LogP contribution in [-0.4, -0.2) is 27.7 Å². The van der Waals surface area contributed by atoms with E-state index < -0.39 is 12.0 Å². The number of hydrogen-bond donors (Lipinski definition) is 3. The third kappa shape index (κ3) is 5.77. The van der Waals surface area contributed by atoms with E-state index in [0.717, 1.165) is 5.56 Å². The molecule has 0 saturated heterocycles. The Morgan fingerprint density at radius 1 is 1.23 bits per heavy atom. The number of carboxylic acid groups (broad SMARTS) is 1. The molecule has 1 aromatic heterocycles.